The summed E-state index contributed by atoms with van der Waals surface area (Å²) in [6.45, 7) is 4.47. The molecule has 0 radical (unpaired) electrons. The number of benzene rings is 4. The third kappa shape index (κ3) is 8.87. The fourth-order valence-electron chi connectivity index (χ4n) is 15.7. The van der Waals surface area contributed by atoms with Crippen LogP contribution in [0.15, 0.2) is 91.0 Å². The van der Waals surface area contributed by atoms with Crippen LogP contribution in [0.25, 0.3) is 34.2 Å². The number of nitrogen functional groups attached to an aromatic ring is 2. The smallest absolute Gasteiger partial charge is 0.248 e. The fraction of sp³-hybridized carbons (Fsp3) is 0.431. The lowest BCUT2D eigenvalue weighted by Crippen LogP contribution is -2.34. The summed E-state index contributed by atoms with van der Waals surface area (Å²) < 4.78 is 3.21. The Balaban J connectivity index is 0.573. The predicted molar refractivity (Wildman–Crippen MR) is 316 cm³/mol. The van der Waals surface area contributed by atoms with E-state index in [2.05, 4.69) is 138 Å². The molecule has 4 aromatic carbocycles. The molecule has 6 aliphatic carbocycles. The predicted octanol–water partition coefficient (Wildman–Crippen LogP) is 10.0. The second-order valence-electron chi connectivity index (χ2n) is 25.3. The molecular weight excluding hydrogens is 1020 g/mol. The van der Waals surface area contributed by atoms with E-state index in [0.29, 0.717) is 46.9 Å². The van der Waals surface area contributed by atoms with Crippen LogP contribution in [0.4, 0.5) is 35.2 Å². The van der Waals surface area contributed by atoms with Gasteiger partial charge in [0.05, 0.1) is 23.4 Å². The Morgan fingerprint density at radius 1 is 0.524 bits per heavy atom. The number of anilines is 6. The zero-order valence-corrected chi connectivity index (χ0v) is 46.5. The summed E-state index contributed by atoms with van der Waals surface area (Å²) >= 11 is 0. The molecule has 17 heteroatoms. The molecule has 5 atom stereocenters. The van der Waals surface area contributed by atoms with Crippen LogP contribution < -0.4 is 22.1 Å². The van der Waals surface area contributed by atoms with Crippen LogP contribution in [0.3, 0.4) is 0 Å². The Morgan fingerprint density at radius 2 is 1.07 bits per heavy atom. The van der Waals surface area contributed by atoms with Crippen LogP contribution in [-0.4, -0.2) is 98.0 Å². The summed E-state index contributed by atoms with van der Waals surface area (Å²) in [4.78, 5) is 14.8. The molecule has 4 aromatic heterocycles. The molecule has 17 nitrogen and oxygen atoms in total. The number of hydrogen-bond donors (Lipinski definition) is 4. The van der Waals surface area contributed by atoms with Gasteiger partial charge in [0.15, 0.2) is 11.6 Å². The normalized spacial score (nSPS) is 24.1. The highest BCUT2D eigenvalue weighted by Gasteiger charge is 2.59. The Kier molecular flexibility index (Phi) is 11.9. The molecule has 0 bridgehead atoms. The number of hydrogen-bond acceptors (Lipinski definition) is 15. The number of nitrogens with zero attached hydrogens (tertiary/aromatic N) is 13. The van der Waals surface area contributed by atoms with Crippen LogP contribution in [0.2, 0.25) is 0 Å². The zero-order valence-electron chi connectivity index (χ0n) is 46.5. The van der Waals surface area contributed by atoms with E-state index in [1.807, 2.05) is 0 Å². The Hall–Kier alpha value is -8.07. The summed E-state index contributed by atoms with van der Waals surface area (Å²) in [7, 11) is 0. The first-order valence-corrected chi connectivity index (χ1v) is 30.3. The second-order valence-corrected chi connectivity index (χ2v) is 25.3. The van der Waals surface area contributed by atoms with E-state index in [0.717, 1.165) is 150 Å². The standard InChI is InChI=1S/C65H69N17/c66-35-48-34-65(48)27-28-79(38-65)51-21-15-39-13-19-49(29-43(39)17-23-51)69-63-72-61(68)82(78-63)57-33-47-9-4-7-42-11-12-45(31-54(42)59(47)76-74-57)55-36-80(37-64(55)25-26-64)52-22-16-40-14-20-50(30-44(40)18-24-52)70-62-71-60(67)81(77-62)56-32-46-8-3-6-41-5-1-2-10-53(41)58(46)75-73-56/h1-2,5,10-14,19-20,29-33,48,51-52,55H,3-4,6-9,15-18,21-28,34,36-38H2,(H3,67,70,71,77)(H3,68,69,72,78)/t48-,51-,52+,55?,65?/m0/s1. The van der Waals surface area contributed by atoms with Crippen LogP contribution in [-0.2, 0) is 51.4 Å². The molecule has 8 aromatic rings. The molecule has 2 unspecified atom stereocenters. The minimum atomic E-state index is 0.264. The third-order valence-electron chi connectivity index (χ3n) is 20.5. The molecule has 414 valence electrons. The monoisotopic (exact) mass is 1090 g/mol. The minimum absolute atomic E-state index is 0.264. The van der Waals surface area contributed by atoms with E-state index in [1.165, 1.54) is 75.8 Å². The van der Waals surface area contributed by atoms with Gasteiger partial charge in [-0.3, -0.25) is 9.80 Å². The number of rotatable bonds is 9. The quantitative estimate of drug-likeness (QED) is 0.0989. The van der Waals surface area contributed by atoms with Gasteiger partial charge in [-0.25, -0.2) is 0 Å². The highest BCUT2D eigenvalue weighted by molar-refractivity contribution is 5.71. The average molecular weight is 1090 g/mol. The van der Waals surface area contributed by atoms with Crippen molar-refractivity contribution in [1.82, 2.24) is 59.7 Å². The van der Waals surface area contributed by atoms with Gasteiger partial charge in [0.1, 0.15) is 0 Å². The average Bonchev–Trinajstić information content (AvgIpc) is 3.71. The second kappa shape index (κ2) is 19.5. The van der Waals surface area contributed by atoms with Crippen molar-refractivity contribution in [2.75, 3.05) is 48.3 Å². The number of aryl methyl sites for hydroxylation is 8. The van der Waals surface area contributed by atoms with Crippen molar-refractivity contribution in [3.63, 3.8) is 0 Å². The Bertz CT molecular complexity index is 3890. The van der Waals surface area contributed by atoms with Gasteiger partial charge in [-0.15, -0.1) is 30.6 Å². The molecule has 2 saturated heterocycles. The molecule has 82 heavy (non-hydrogen) atoms. The number of nitrogens with one attached hydrogen (secondary N) is 2. The minimum Gasteiger partial charge on any atom is -0.368 e. The van der Waals surface area contributed by atoms with E-state index in [1.54, 1.807) is 9.36 Å². The molecule has 8 aliphatic rings. The number of nitrogens with two attached hydrogens (primary N) is 2. The van der Waals surface area contributed by atoms with Crippen molar-refractivity contribution < 1.29 is 0 Å². The first kappa shape index (κ1) is 49.7. The Morgan fingerprint density at radius 3 is 1.68 bits per heavy atom. The summed E-state index contributed by atoms with van der Waals surface area (Å²) in [6, 6.07) is 37.0. The van der Waals surface area contributed by atoms with Crippen molar-refractivity contribution >= 4 is 35.2 Å². The summed E-state index contributed by atoms with van der Waals surface area (Å²) in [6.07, 6.45) is 19.5. The molecule has 2 aliphatic heterocycles. The third-order valence-corrected chi connectivity index (χ3v) is 20.5. The number of likely N-dealkylation sites (tertiary alicyclic amines) is 2. The lowest BCUT2D eigenvalue weighted by Gasteiger charge is -2.27. The van der Waals surface area contributed by atoms with Gasteiger partial charge in [0, 0.05) is 65.6 Å². The fourth-order valence-corrected chi connectivity index (χ4v) is 15.7. The molecule has 0 amide bonds. The maximum absolute atomic E-state index is 9.54. The zero-order chi connectivity index (χ0) is 54.7. The number of nitriles is 1. The molecule has 2 saturated carbocycles. The summed E-state index contributed by atoms with van der Waals surface area (Å²) in [5.41, 5.74) is 31.9. The van der Waals surface area contributed by atoms with Crippen LogP contribution in [0.1, 0.15) is 120 Å². The maximum Gasteiger partial charge on any atom is 0.248 e. The summed E-state index contributed by atoms with van der Waals surface area (Å²) in [5, 5.41) is 45.1. The van der Waals surface area contributed by atoms with Gasteiger partial charge < -0.3 is 22.1 Å². The highest BCUT2D eigenvalue weighted by Crippen LogP contribution is 2.61. The SMILES string of the molecule is N#C[C@@H]1CC12CCN([C@H]1CCc3ccc(Nc4nc(N)n(-c5cc6c(nn5)-c5cc(C7CN([C@@H]8CCc9ccc(Nc%10nc(N)n(-c%11cc%12c(nn%11)-c%11ccccc%11CCC%12)n%10)cc9CC8)CC78CC8)ccc5CCC6)n4)cc3CC1)C2. The van der Waals surface area contributed by atoms with E-state index < -0.39 is 0 Å². The van der Waals surface area contributed by atoms with Crippen molar-refractivity contribution in [2.24, 2.45) is 16.7 Å². The van der Waals surface area contributed by atoms with Crippen molar-refractivity contribution in [3.8, 4) is 40.2 Å². The van der Waals surface area contributed by atoms with Gasteiger partial charge in [-0.1, -0.05) is 48.5 Å². The molecule has 2 spiro atoms. The van der Waals surface area contributed by atoms with Crippen LogP contribution in [0, 0.1) is 28.1 Å². The van der Waals surface area contributed by atoms with E-state index in [-0.39, 0.29) is 23.2 Å². The van der Waals surface area contributed by atoms with Gasteiger partial charge >= 0.3 is 0 Å². The van der Waals surface area contributed by atoms with E-state index in [9.17, 15) is 5.26 Å². The molecular formula is C65H69N17. The molecule has 6 heterocycles. The Labute approximate surface area is 478 Å². The summed E-state index contributed by atoms with van der Waals surface area (Å²) in [5.74, 6) is 3.31. The van der Waals surface area contributed by atoms with Crippen molar-refractivity contribution in [3.05, 3.63) is 141 Å². The maximum atomic E-state index is 9.54. The van der Waals surface area contributed by atoms with E-state index in [4.69, 9.17) is 31.9 Å². The number of fused-ring (bicyclic) bond motifs is 8. The molecule has 4 fully saturated rings. The highest BCUT2D eigenvalue weighted by atomic mass is 15.5. The van der Waals surface area contributed by atoms with Crippen LogP contribution in [0.5, 0.6) is 0 Å². The molecule has 16 rings (SSSR count). The van der Waals surface area contributed by atoms with Gasteiger partial charge in [-0.2, -0.15) is 24.6 Å². The lowest BCUT2D eigenvalue weighted by atomic mass is 9.84. The van der Waals surface area contributed by atoms with Crippen LogP contribution >= 0.6 is 0 Å². The first-order chi connectivity index (χ1) is 40.2. The van der Waals surface area contributed by atoms with E-state index >= 15 is 0 Å². The van der Waals surface area contributed by atoms with Gasteiger partial charge in [-0.05, 0) is 220 Å². The molecule has 6 N–H and O–H groups in total. The van der Waals surface area contributed by atoms with Crippen molar-refractivity contribution in [2.45, 2.75) is 134 Å². The largest absolute Gasteiger partial charge is 0.368 e. The number of aromatic nitrogens is 10. The van der Waals surface area contributed by atoms with Gasteiger partial charge in [0.25, 0.3) is 0 Å². The topological polar surface area (TPSA) is 219 Å². The van der Waals surface area contributed by atoms with Crippen molar-refractivity contribution in [1.29, 1.82) is 5.26 Å². The lowest BCUT2D eigenvalue weighted by molar-refractivity contribution is 0.210. The first-order valence-electron chi connectivity index (χ1n) is 30.3. The van der Waals surface area contributed by atoms with Gasteiger partial charge in [0.2, 0.25) is 23.8 Å².